The van der Waals surface area contributed by atoms with Gasteiger partial charge in [0, 0.05) is 24.3 Å². The van der Waals surface area contributed by atoms with Crippen LogP contribution in [0, 0.1) is 11.3 Å². The number of Topliss-reactive ketones (excluding diaryl/α,β-unsaturated/α-hetero) is 1. The summed E-state index contributed by atoms with van der Waals surface area (Å²) in [6.07, 6.45) is 1.37. The molecule has 0 unspecified atom stereocenters. The van der Waals surface area contributed by atoms with Gasteiger partial charge < -0.3 is 19.1 Å². The minimum Gasteiger partial charge on any atom is -0.497 e. The second-order valence-corrected chi connectivity index (χ2v) is 9.37. The number of oxime groups is 2. The van der Waals surface area contributed by atoms with Crippen LogP contribution in [0.1, 0.15) is 44.2 Å². The Morgan fingerprint density at radius 3 is 2.12 bits per heavy atom. The molecule has 2 aromatic carbocycles. The molecule has 1 saturated carbocycles. The number of carbonyl (C=O) groups excluding carboxylic acids is 1. The number of carbonyl (C=O) groups is 1. The molecule has 7 nitrogen and oxygen atoms in total. The van der Waals surface area contributed by atoms with Gasteiger partial charge in [-0.25, -0.2) is 0 Å². The molecule has 0 saturated heterocycles. The first-order chi connectivity index (χ1) is 15.9. The molecule has 3 aliphatic rings. The molecule has 33 heavy (non-hydrogen) atoms. The summed E-state index contributed by atoms with van der Waals surface area (Å²) in [5.74, 6) is 1.66. The molecule has 1 aliphatic carbocycles. The van der Waals surface area contributed by atoms with E-state index in [2.05, 4.69) is 10.3 Å². The number of hydrogen-bond donors (Lipinski definition) is 0. The van der Waals surface area contributed by atoms with E-state index in [1.165, 1.54) is 0 Å². The Morgan fingerprint density at radius 1 is 0.909 bits per heavy atom. The zero-order valence-electron chi connectivity index (χ0n) is 19.3. The van der Waals surface area contributed by atoms with Crippen molar-refractivity contribution in [2.75, 3.05) is 14.2 Å². The van der Waals surface area contributed by atoms with Crippen LogP contribution in [0.15, 0.2) is 58.8 Å². The Balaban J connectivity index is 1.32. The largest absolute Gasteiger partial charge is 0.497 e. The van der Waals surface area contributed by atoms with Gasteiger partial charge in [0.1, 0.15) is 40.1 Å². The van der Waals surface area contributed by atoms with Gasteiger partial charge in [0.2, 0.25) is 0 Å². The fourth-order valence-corrected chi connectivity index (χ4v) is 5.12. The van der Waals surface area contributed by atoms with Crippen molar-refractivity contribution < 1.29 is 23.9 Å². The highest BCUT2D eigenvalue weighted by Crippen LogP contribution is 2.49. The predicted octanol–water partition coefficient (Wildman–Crippen LogP) is 4.38. The molecule has 5 rings (SSSR count). The Hall–Kier alpha value is -3.35. The molecular formula is C26H28N2O5. The van der Waals surface area contributed by atoms with E-state index in [9.17, 15) is 4.79 Å². The Kier molecular flexibility index (Phi) is 5.15. The highest BCUT2D eigenvalue weighted by atomic mass is 16.7. The molecular weight excluding hydrogens is 420 g/mol. The fraction of sp³-hybridized carbons (Fsp3) is 0.423. The van der Waals surface area contributed by atoms with Crippen molar-refractivity contribution >= 4 is 17.2 Å². The van der Waals surface area contributed by atoms with Crippen LogP contribution in [0.4, 0.5) is 0 Å². The molecule has 1 fully saturated rings. The first-order valence-corrected chi connectivity index (χ1v) is 11.2. The zero-order valence-corrected chi connectivity index (χ0v) is 19.3. The summed E-state index contributed by atoms with van der Waals surface area (Å²) in [4.78, 5) is 25.4. The molecule has 4 atom stereocenters. The topological polar surface area (TPSA) is 78.7 Å². The van der Waals surface area contributed by atoms with E-state index in [0.29, 0.717) is 25.0 Å². The highest BCUT2D eigenvalue weighted by molar-refractivity contribution is 6.18. The quantitative estimate of drug-likeness (QED) is 0.679. The van der Waals surface area contributed by atoms with Crippen LogP contribution in [0.25, 0.3) is 0 Å². The van der Waals surface area contributed by atoms with Crippen molar-refractivity contribution in [1.29, 1.82) is 0 Å². The van der Waals surface area contributed by atoms with Crippen molar-refractivity contribution in [1.82, 2.24) is 0 Å². The number of hydrogen-bond acceptors (Lipinski definition) is 7. The first-order valence-electron chi connectivity index (χ1n) is 11.2. The number of benzene rings is 2. The van der Waals surface area contributed by atoms with Crippen LogP contribution in [0.2, 0.25) is 0 Å². The predicted molar refractivity (Wildman–Crippen MR) is 124 cm³/mol. The van der Waals surface area contributed by atoms with Crippen molar-refractivity contribution in [3.63, 3.8) is 0 Å². The lowest BCUT2D eigenvalue weighted by Gasteiger charge is -2.41. The lowest BCUT2D eigenvalue weighted by Crippen LogP contribution is -2.53. The van der Waals surface area contributed by atoms with Crippen LogP contribution in [0.5, 0.6) is 11.5 Å². The van der Waals surface area contributed by atoms with Gasteiger partial charge in [-0.05, 0) is 74.4 Å². The molecule has 0 radical (unpaired) electrons. The number of methoxy groups -OCH3 is 2. The number of ketones is 1. The Morgan fingerprint density at radius 2 is 1.52 bits per heavy atom. The molecule has 2 aliphatic heterocycles. The van der Waals surface area contributed by atoms with Crippen molar-refractivity contribution in [2.24, 2.45) is 21.6 Å². The third-order valence-electron chi connectivity index (χ3n) is 7.45. The number of nitrogens with zero attached hydrogens (tertiary/aromatic N) is 2. The Bertz CT molecular complexity index is 1120. The van der Waals surface area contributed by atoms with Crippen molar-refractivity contribution in [3.05, 3.63) is 59.7 Å². The molecule has 2 heterocycles. The van der Waals surface area contributed by atoms with Crippen LogP contribution in [-0.2, 0) is 14.5 Å². The van der Waals surface area contributed by atoms with E-state index in [0.717, 1.165) is 28.3 Å². The molecule has 2 aromatic rings. The number of ether oxygens (including phenoxy) is 2. The maximum Gasteiger partial charge on any atom is 0.149 e. The molecule has 0 bridgehead atoms. The van der Waals surface area contributed by atoms with E-state index in [1.807, 2.05) is 62.4 Å². The second-order valence-electron chi connectivity index (χ2n) is 9.37. The lowest BCUT2D eigenvalue weighted by molar-refractivity contribution is -0.145. The minimum absolute atomic E-state index is 0.0204. The van der Waals surface area contributed by atoms with Gasteiger partial charge in [-0.1, -0.05) is 10.3 Å². The number of fused-ring (bicyclic) bond motifs is 1. The Labute approximate surface area is 193 Å². The molecule has 0 amide bonds. The smallest absolute Gasteiger partial charge is 0.149 e. The maximum absolute atomic E-state index is 13.5. The second kappa shape index (κ2) is 7.90. The van der Waals surface area contributed by atoms with Gasteiger partial charge in [-0.15, -0.1) is 0 Å². The molecule has 172 valence electrons. The van der Waals surface area contributed by atoms with Gasteiger partial charge in [-0.3, -0.25) is 4.79 Å². The van der Waals surface area contributed by atoms with E-state index >= 15 is 0 Å². The van der Waals surface area contributed by atoms with Gasteiger partial charge in [-0.2, -0.15) is 0 Å². The van der Waals surface area contributed by atoms with E-state index in [-0.39, 0.29) is 17.8 Å². The molecule has 0 spiro atoms. The van der Waals surface area contributed by atoms with Crippen LogP contribution in [0.3, 0.4) is 0 Å². The zero-order chi connectivity index (χ0) is 23.2. The fourth-order valence-electron chi connectivity index (χ4n) is 5.12. The molecule has 7 heteroatoms. The van der Waals surface area contributed by atoms with Crippen molar-refractivity contribution in [2.45, 2.75) is 44.8 Å². The van der Waals surface area contributed by atoms with Crippen LogP contribution >= 0.6 is 0 Å². The normalized spacial score (nSPS) is 30.6. The van der Waals surface area contributed by atoms with Gasteiger partial charge >= 0.3 is 0 Å². The third kappa shape index (κ3) is 3.46. The van der Waals surface area contributed by atoms with Gasteiger partial charge in [0.25, 0.3) is 0 Å². The standard InChI is InChI=1S/C26H28N2O5/c1-25(15-21(27-33-25)16-5-9-19(30-3)10-6-16)18-13-22(29)26(2)23(14-18)32-28-24(26)17-7-11-20(31-4)12-8-17/h5-12,18,23H,13-15H2,1-4H3/t18-,23+,25+,26-/m1/s1. The lowest BCUT2D eigenvalue weighted by atomic mass is 9.62. The minimum atomic E-state index is -0.778. The van der Waals surface area contributed by atoms with E-state index < -0.39 is 11.0 Å². The summed E-state index contributed by atoms with van der Waals surface area (Å²) in [5, 5.41) is 8.74. The summed E-state index contributed by atoms with van der Waals surface area (Å²) < 4.78 is 10.5. The third-order valence-corrected chi connectivity index (χ3v) is 7.45. The highest BCUT2D eigenvalue weighted by Gasteiger charge is 2.59. The van der Waals surface area contributed by atoms with Crippen LogP contribution < -0.4 is 9.47 Å². The summed E-state index contributed by atoms with van der Waals surface area (Å²) in [6, 6.07) is 15.4. The van der Waals surface area contributed by atoms with Gasteiger partial charge in [0.05, 0.1) is 19.9 Å². The average molecular weight is 449 g/mol. The first kappa shape index (κ1) is 21.5. The van der Waals surface area contributed by atoms with Crippen LogP contribution in [-0.4, -0.2) is 43.1 Å². The summed E-state index contributed by atoms with van der Waals surface area (Å²) in [6.45, 7) is 3.98. The van der Waals surface area contributed by atoms with E-state index in [4.69, 9.17) is 19.1 Å². The molecule has 0 N–H and O–H groups in total. The average Bonchev–Trinajstić information content (AvgIpc) is 3.41. The van der Waals surface area contributed by atoms with Crippen molar-refractivity contribution in [3.8, 4) is 11.5 Å². The maximum atomic E-state index is 13.5. The van der Waals surface area contributed by atoms with Gasteiger partial charge in [0.15, 0.2) is 0 Å². The summed E-state index contributed by atoms with van der Waals surface area (Å²) in [7, 11) is 3.27. The molecule has 0 aromatic heterocycles. The summed E-state index contributed by atoms with van der Waals surface area (Å²) >= 11 is 0. The monoisotopic (exact) mass is 448 g/mol. The van der Waals surface area contributed by atoms with E-state index in [1.54, 1.807) is 14.2 Å². The summed E-state index contributed by atoms with van der Waals surface area (Å²) in [5.41, 5.74) is 2.09. The SMILES string of the molecule is COc1ccc(C2=NO[C@](C)([C@@H]3CC(=O)[C@@]4(C)C(c5ccc(OC)cc5)=NO[C@H]4C3)C2)cc1. The number of rotatable bonds is 5.